The summed E-state index contributed by atoms with van der Waals surface area (Å²) in [6.07, 6.45) is 13.8. The second kappa shape index (κ2) is 7.97. The van der Waals surface area contributed by atoms with Gasteiger partial charge in [-0.25, -0.2) is 0 Å². The van der Waals surface area contributed by atoms with E-state index in [2.05, 4.69) is 34.6 Å². The van der Waals surface area contributed by atoms with E-state index in [-0.39, 0.29) is 17.6 Å². The predicted molar refractivity (Wildman–Crippen MR) is 120 cm³/mol. The third-order valence-corrected chi connectivity index (χ3v) is 10.3. The Bertz CT molecular complexity index is 624. The molecule has 0 spiro atoms. The molecular weight excluding hydrogens is 356 g/mol. The zero-order valence-corrected chi connectivity index (χ0v) is 19.7. The Morgan fingerprint density at radius 1 is 0.966 bits per heavy atom. The molecule has 0 aliphatic heterocycles. The van der Waals surface area contributed by atoms with Crippen LogP contribution >= 0.6 is 0 Å². The van der Waals surface area contributed by atoms with Crippen LogP contribution in [0.25, 0.3) is 0 Å². The molecule has 0 bridgehead atoms. The summed E-state index contributed by atoms with van der Waals surface area (Å²) >= 11 is 0. The van der Waals surface area contributed by atoms with Crippen LogP contribution in [0, 0.1) is 46.3 Å². The molecule has 3 fully saturated rings. The molecule has 0 unspecified atom stereocenters. The molecule has 3 saturated carbocycles. The van der Waals surface area contributed by atoms with Gasteiger partial charge in [0.25, 0.3) is 0 Å². The molecule has 2 heteroatoms. The lowest BCUT2D eigenvalue weighted by Gasteiger charge is -2.60. The van der Waals surface area contributed by atoms with Gasteiger partial charge in [0, 0.05) is 0 Å². The third-order valence-electron chi connectivity index (χ3n) is 10.3. The number of aliphatic hydroxyl groups is 2. The molecule has 0 aromatic heterocycles. The zero-order chi connectivity index (χ0) is 21.0. The first-order valence-electron chi connectivity index (χ1n) is 12.7. The van der Waals surface area contributed by atoms with Crippen LogP contribution in [0.15, 0.2) is 11.6 Å². The SMILES string of the molecule is CC(C)CCC[C@H](C)[C@H]1CC[C@H]2[C@@H]3C[C@H](O)C4=C[C@@H](O)CC[C@]4(C)[C@H]3CC[C@]12C. The zero-order valence-electron chi connectivity index (χ0n) is 19.7. The lowest BCUT2D eigenvalue weighted by atomic mass is 9.46. The second-order valence-electron chi connectivity index (χ2n) is 12.3. The molecule has 0 radical (unpaired) electrons. The molecule has 0 aromatic rings. The van der Waals surface area contributed by atoms with Crippen LogP contribution in [0.4, 0.5) is 0 Å². The van der Waals surface area contributed by atoms with Crippen LogP contribution in [-0.4, -0.2) is 22.4 Å². The van der Waals surface area contributed by atoms with Crippen molar-refractivity contribution < 1.29 is 10.2 Å². The van der Waals surface area contributed by atoms with Crippen molar-refractivity contribution in [3.05, 3.63) is 11.6 Å². The van der Waals surface area contributed by atoms with E-state index in [1.165, 1.54) is 50.5 Å². The lowest BCUT2D eigenvalue weighted by molar-refractivity contribution is -0.0874. The maximum Gasteiger partial charge on any atom is 0.0759 e. The molecule has 4 rings (SSSR count). The molecule has 9 atom stereocenters. The Morgan fingerprint density at radius 3 is 2.45 bits per heavy atom. The number of hydrogen-bond acceptors (Lipinski definition) is 2. The van der Waals surface area contributed by atoms with Gasteiger partial charge in [-0.05, 0) is 96.9 Å². The molecule has 0 aromatic carbocycles. The third kappa shape index (κ3) is 3.65. The number of fused-ring (bicyclic) bond motifs is 5. The van der Waals surface area contributed by atoms with Gasteiger partial charge in [0.15, 0.2) is 0 Å². The smallest absolute Gasteiger partial charge is 0.0759 e. The lowest BCUT2D eigenvalue weighted by Crippen LogP contribution is -2.54. The molecule has 0 saturated heterocycles. The van der Waals surface area contributed by atoms with Gasteiger partial charge >= 0.3 is 0 Å². The van der Waals surface area contributed by atoms with E-state index in [0.29, 0.717) is 17.3 Å². The van der Waals surface area contributed by atoms with E-state index in [4.69, 9.17) is 0 Å². The average Bonchev–Trinajstić information content (AvgIpc) is 3.00. The van der Waals surface area contributed by atoms with Crippen molar-refractivity contribution in [1.82, 2.24) is 0 Å². The number of rotatable bonds is 5. The van der Waals surface area contributed by atoms with Gasteiger partial charge in [-0.1, -0.05) is 60.0 Å². The van der Waals surface area contributed by atoms with Crippen LogP contribution in [0.1, 0.15) is 98.8 Å². The topological polar surface area (TPSA) is 40.5 Å². The first-order chi connectivity index (χ1) is 13.7. The van der Waals surface area contributed by atoms with Crippen molar-refractivity contribution in [2.24, 2.45) is 46.3 Å². The molecular formula is C27H46O2. The maximum absolute atomic E-state index is 11.1. The molecule has 4 aliphatic rings. The summed E-state index contributed by atoms with van der Waals surface area (Å²) < 4.78 is 0. The fourth-order valence-electron chi connectivity index (χ4n) is 8.78. The van der Waals surface area contributed by atoms with Crippen LogP contribution in [0.3, 0.4) is 0 Å². The Morgan fingerprint density at radius 2 is 1.72 bits per heavy atom. The Hall–Kier alpha value is -0.340. The van der Waals surface area contributed by atoms with E-state index in [0.717, 1.165) is 42.9 Å². The Kier molecular flexibility index (Phi) is 6.01. The van der Waals surface area contributed by atoms with Crippen LogP contribution in [0.5, 0.6) is 0 Å². The molecule has 2 nitrogen and oxygen atoms in total. The summed E-state index contributed by atoms with van der Waals surface area (Å²) in [5.41, 5.74) is 1.77. The van der Waals surface area contributed by atoms with Crippen molar-refractivity contribution in [1.29, 1.82) is 0 Å². The Balaban J connectivity index is 1.52. The van der Waals surface area contributed by atoms with Gasteiger partial charge in [-0.15, -0.1) is 0 Å². The molecule has 4 aliphatic carbocycles. The molecule has 0 amide bonds. The summed E-state index contributed by atoms with van der Waals surface area (Å²) in [6.45, 7) is 12.3. The van der Waals surface area contributed by atoms with Gasteiger partial charge in [0.05, 0.1) is 12.2 Å². The largest absolute Gasteiger partial charge is 0.389 e. The first-order valence-corrected chi connectivity index (χ1v) is 12.7. The van der Waals surface area contributed by atoms with Crippen molar-refractivity contribution in [2.45, 2.75) is 111 Å². The summed E-state index contributed by atoms with van der Waals surface area (Å²) in [5.74, 6) is 4.70. The maximum atomic E-state index is 11.1. The monoisotopic (exact) mass is 402 g/mol. The highest BCUT2D eigenvalue weighted by atomic mass is 16.3. The Labute approximate surface area is 179 Å². The highest BCUT2D eigenvalue weighted by molar-refractivity contribution is 5.29. The summed E-state index contributed by atoms with van der Waals surface area (Å²) in [5, 5.41) is 21.3. The summed E-state index contributed by atoms with van der Waals surface area (Å²) in [6, 6.07) is 0. The first kappa shape index (κ1) is 21.9. The normalized spacial score (nSPS) is 47.9. The van der Waals surface area contributed by atoms with E-state index in [9.17, 15) is 10.2 Å². The highest BCUT2D eigenvalue weighted by Gasteiger charge is 2.60. The van der Waals surface area contributed by atoms with Gasteiger partial charge in [0.2, 0.25) is 0 Å². The standard InChI is InChI=1S/C27H46O2/c1-17(2)7-6-8-18(3)21-9-10-22-20-16-25(29)24-15-19(28)11-13-27(24,5)23(20)12-14-26(21,22)4/h15,17-23,25,28-29H,6-14,16H2,1-5H3/t18-,19-,20-,21+,22-,23-,25-,26+,27+/m0/s1. The van der Waals surface area contributed by atoms with E-state index < -0.39 is 0 Å². The van der Waals surface area contributed by atoms with Crippen LogP contribution < -0.4 is 0 Å². The van der Waals surface area contributed by atoms with Crippen LogP contribution in [-0.2, 0) is 0 Å². The van der Waals surface area contributed by atoms with E-state index in [1.807, 2.05) is 6.08 Å². The highest BCUT2D eigenvalue weighted by Crippen LogP contribution is 2.67. The van der Waals surface area contributed by atoms with Crippen molar-refractivity contribution >= 4 is 0 Å². The van der Waals surface area contributed by atoms with E-state index in [1.54, 1.807) is 0 Å². The van der Waals surface area contributed by atoms with Crippen molar-refractivity contribution in [3.63, 3.8) is 0 Å². The van der Waals surface area contributed by atoms with Gasteiger partial charge in [-0.3, -0.25) is 0 Å². The van der Waals surface area contributed by atoms with E-state index >= 15 is 0 Å². The van der Waals surface area contributed by atoms with Gasteiger partial charge in [-0.2, -0.15) is 0 Å². The average molecular weight is 403 g/mol. The molecule has 29 heavy (non-hydrogen) atoms. The quantitative estimate of drug-likeness (QED) is 0.525. The van der Waals surface area contributed by atoms with Crippen molar-refractivity contribution in [3.8, 4) is 0 Å². The molecule has 2 N–H and O–H groups in total. The van der Waals surface area contributed by atoms with Crippen LogP contribution in [0.2, 0.25) is 0 Å². The number of hydrogen-bond donors (Lipinski definition) is 2. The number of aliphatic hydroxyl groups excluding tert-OH is 2. The second-order valence-corrected chi connectivity index (χ2v) is 12.3. The molecule has 0 heterocycles. The fourth-order valence-corrected chi connectivity index (χ4v) is 8.78. The van der Waals surface area contributed by atoms with Gasteiger partial charge in [0.1, 0.15) is 0 Å². The predicted octanol–water partition coefficient (Wildman–Crippen LogP) is 6.36. The minimum Gasteiger partial charge on any atom is -0.389 e. The fraction of sp³-hybridized carbons (Fsp3) is 0.926. The summed E-state index contributed by atoms with van der Waals surface area (Å²) in [4.78, 5) is 0. The van der Waals surface area contributed by atoms with Crippen molar-refractivity contribution in [2.75, 3.05) is 0 Å². The minimum absolute atomic E-state index is 0.115. The summed E-state index contributed by atoms with van der Waals surface area (Å²) in [7, 11) is 0. The minimum atomic E-state index is -0.347. The van der Waals surface area contributed by atoms with Gasteiger partial charge < -0.3 is 10.2 Å². The molecule has 166 valence electrons.